The number of carbonyl (C=O) groups is 1. The highest BCUT2D eigenvalue weighted by atomic mass is 19.1. The highest BCUT2D eigenvalue weighted by Gasteiger charge is 2.24. The third-order valence-electron chi connectivity index (χ3n) is 4.93. The lowest BCUT2D eigenvalue weighted by Crippen LogP contribution is -2.41. The van der Waals surface area contributed by atoms with Gasteiger partial charge in [0.25, 0.3) is 0 Å². The first kappa shape index (κ1) is 19.4. The van der Waals surface area contributed by atoms with E-state index in [1.807, 2.05) is 0 Å². The van der Waals surface area contributed by atoms with Gasteiger partial charge in [-0.25, -0.2) is 4.39 Å². The van der Waals surface area contributed by atoms with Gasteiger partial charge in [0.15, 0.2) is 0 Å². The van der Waals surface area contributed by atoms with Gasteiger partial charge in [-0.15, -0.1) is 0 Å². The lowest BCUT2D eigenvalue weighted by molar-refractivity contribution is -0.126. The number of halogens is 1. The number of benzene rings is 2. The second-order valence-electron chi connectivity index (χ2n) is 7.13. The van der Waals surface area contributed by atoms with Crippen molar-refractivity contribution in [1.29, 1.82) is 0 Å². The van der Waals surface area contributed by atoms with Crippen molar-refractivity contribution in [2.45, 2.75) is 26.3 Å². The summed E-state index contributed by atoms with van der Waals surface area (Å²) < 4.78 is 18.3. The molecule has 1 aliphatic heterocycles. The number of rotatable bonds is 7. The van der Waals surface area contributed by atoms with Crippen LogP contribution in [0.15, 0.2) is 48.5 Å². The number of nitrogens with one attached hydrogen (secondary N) is 1. The van der Waals surface area contributed by atoms with Gasteiger partial charge < -0.3 is 10.1 Å². The van der Waals surface area contributed by atoms with Crippen molar-refractivity contribution in [2.24, 2.45) is 5.92 Å². The number of piperidine rings is 1. The van der Waals surface area contributed by atoms with E-state index in [4.69, 9.17) is 4.74 Å². The van der Waals surface area contributed by atoms with Crippen LogP contribution in [0.25, 0.3) is 0 Å². The third-order valence-corrected chi connectivity index (χ3v) is 4.93. The molecule has 1 fully saturated rings. The summed E-state index contributed by atoms with van der Waals surface area (Å²) in [5.74, 6) is 0.497. The van der Waals surface area contributed by atoms with E-state index in [-0.39, 0.29) is 17.6 Å². The van der Waals surface area contributed by atoms with Crippen molar-refractivity contribution in [3.8, 4) is 5.75 Å². The van der Waals surface area contributed by atoms with Crippen molar-refractivity contribution >= 4 is 5.91 Å². The van der Waals surface area contributed by atoms with Gasteiger partial charge in [-0.05, 0) is 62.7 Å². The van der Waals surface area contributed by atoms with E-state index in [9.17, 15) is 9.18 Å². The highest BCUT2D eigenvalue weighted by molar-refractivity contribution is 5.78. The van der Waals surface area contributed by atoms with Crippen LogP contribution in [0.2, 0.25) is 0 Å². The fraction of sp³-hybridized carbons (Fsp3) is 0.409. The lowest BCUT2D eigenvalue weighted by atomic mass is 9.95. The topological polar surface area (TPSA) is 41.6 Å². The summed E-state index contributed by atoms with van der Waals surface area (Å²) in [5, 5.41) is 2.95. The standard InChI is InChI=1S/C22H27FN2O2/c1-17-3-2-4-18(15-17)16-25-12-9-19(10-13-25)22(26)24-11-14-27-21-7-5-20(23)6-8-21/h2-8,15,19H,9-14,16H2,1H3,(H,24,26). The third kappa shape index (κ3) is 6.07. The highest BCUT2D eigenvalue weighted by Crippen LogP contribution is 2.19. The van der Waals surface area contributed by atoms with Gasteiger partial charge in [0.05, 0.1) is 6.54 Å². The molecule has 0 bridgehead atoms. The van der Waals surface area contributed by atoms with Crippen molar-refractivity contribution in [3.05, 3.63) is 65.5 Å². The minimum atomic E-state index is -0.288. The number of carbonyl (C=O) groups excluding carboxylic acids is 1. The van der Waals surface area contributed by atoms with E-state index in [0.717, 1.165) is 32.5 Å². The first-order chi connectivity index (χ1) is 13.1. The summed E-state index contributed by atoms with van der Waals surface area (Å²) in [4.78, 5) is 14.7. The SMILES string of the molecule is Cc1cccc(CN2CCC(C(=O)NCCOc3ccc(F)cc3)CC2)c1. The molecule has 4 nitrogen and oxygen atoms in total. The molecule has 2 aromatic carbocycles. The van der Waals surface area contributed by atoms with Crippen LogP contribution in [-0.2, 0) is 11.3 Å². The molecule has 5 heteroatoms. The normalized spacial score (nSPS) is 15.5. The molecule has 1 saturated heterocycles. The Morgan fingerprint density at radius 2 is 1.93 bits per heavy atom. The second kappa shape index (κ2) is 9.51. The second-order valence-corrected chi connectivity index (χ2v) is 7.13. The fourth-order valence-corrected chi connectivity index (χ4v) is 3.44. The number of likely N-dealkylation sites (tertiary alicyclic amines) is 1. The van der Waals surface area contributed by atoms with Gasteiger partial charge in [0, 0.05) is 12.5 Å². The Morgan fingerprint density at radius 1 is 1.19 bits per heavy atom. The zero-order valence-electron chi connectivity index (χ0n) is 15.8. The van der Waals surface area contributed by atoms with E-state index < -0.39 is 0 Å². The van der Waals surface area contributed by atoms with Crippen LogP contribution >= 0.6 is 0 Å². The van der Waals surface area contributed by atoms with Crippen LogP contribution in [0.1, 0.15) is 24.0 Å². The summed E-state index contributed by atoms with van der Waals surface area (Å²) in [7, 11) is 0. The Kier molecular flexibility index (Phi) is 6.82. The van der Waals surface area contributed by atoms with Gasteiger partial charge in [0.2, 0.25) is 5.91 Å². The summed E-state index contributed by atoms with van der Waals surface area (Å²) in [6.45, 7) is 5.78. The Morgan fingerprint density at radius 3 is 2.63 bits per heavy atom. The summed E-state index contributed by atoms with van der Waals surface area (Å²) >= 11 is 0. The van der Waals surface area contributed by atoms with Crippen molar-refractivity contribution < 1.29 is 13.9 Å². The van der Waals surface area contributed by atoms with E-state index in [2.05, 4.69) is 41.4 Å². The summed E-state index contributed by atoms with van der Waals surface area (Å²) in [6.07, 6.45) is 1.77. The average molecular weight is 370 g/mol. The van der Waals surface area contributed by atoms with E-state index in [0.29, 0.717) is 18.9 Å². The smallest absolute Gasteiger partial charge is 0.223 e. The number of ether oxygens (including phenoxy) is 1. The van der Waals surface area contributed by atoms with Crippen LogP contribution < -0.4 is 10.1 Å². The van der Waals surface area contributed by atoms with Crippen molar-refractivity contribution in [1.82, 2.24) is 10.2 Å². The van der Waals surface area contributed by atoms with Crippen molar-refractivity contribution in [3.63, 3.8) is 0 Å². The molecule has 0 unspecified atom stereocenters. The molecule has 0 saturated carbocycles. The van der Waals surface area contributed by atoms with E-state index in [1.54, 1.807) is 12.1 Å². The van der Waals surface area contributed by atoms with Gasteiger partial charge in [0.1, 0.15) is 18.2 Å². The monoisotopic (exact) mass is 370 g/mol. The summed E-state index contributed by atoms with van der Waals surface area (Å²) in [5.41, 5.74) is 2.61. The Labute approximate surface area is 160 Å². The van der Waals surface area contributed by atoms with Crippen molar-refractivity contribution in [2.75, 3.05) is 26.2 Å². The Hall–Kier alpha value is -2.40. The molecule has 0 aromatic heterocycles. The van der Waals surface area contributed by atoms with Crippen LogP contribution in [0.3, 0.4) is 0 Å². The van der Waals surface area contributed by atoms with Crippen LogP contribution in [-0.4, -0.2) is 37.0 Å². The zero-order chi connectivity index (χ0) is 19.1. The average Bonchev–Trinajstić information content (AvgIpc) is 2.67. The molecular weight excluding hydrogens is 343 g/mol. The molecule has 1 heterocycles. The maximum atomic E-state index is 12.8. The Bertz CT molecular complexity index is 740. The zero-order valence-corrected chi connectivity index (χ0v) is 15.8. The fourth-order valence-electron chi connectivity index (χ4n) is 3.44. The molecular formula is C22H27FN2O2. The van der Waals surface area contributed by atoms with E-state index in [1.165, 1.54) is 23.3 Å². The molecule has 1 amide bonds. The first-order valence-electron chi connectivity index (χ1n) is 9.54. The van der Waals surface area contributed by atoms with Crippen LogP contribution in [0.4, 0.5) is 4.39 Å². The minimum Gasteiger partial charge on any atom is -0.492 e. The quantitative estimate of drug-likeness (QED) is 0.758. The molecule has 3 rings (SSSR count). The van der Waals surface area contributed by atoms with E-state index >= 15 is 0 Å². The van der Waals surface area contributed by atoms with Gasteiger partial charge in [-0.3, -0.25) is 9.69 Å². The maximum Gasteiger partial charge on any atom is 0.223 e. The molecule has 1 N–H and O–H groups in total. The number of aryl methyl sites for hydroxylation is 1. The van der Waals surface area contributed by atoms with Gasteiger partial charge >= 0.3 is 0 Å². The number of hydrogen-bond donors (Lipinski definition) is 1. The largest absolute Gasteiger partial charge is 0.492 e. The maximum absolute atomic E-state index is 12.8. The molecule has 144 valence electrons. The molecule has 0 spiro atoms. The lowest BCUT2D eigenvalue weighted by Gasteiger charge is -2.31. The van der Waals surface area contributed by atoms with Crippen LogP contribution in [0.5, 0.6) is 5.75 Å². The number of nitrogens with zero attached hydrogens (tertiary/aromatic N) is 1. The molecule has 27 heavy (non-hydrogen) atoms. The molecule has 1 aliphatic rings. The van der Waals surface area contributed by atoms with Gasteiger partial charge in [-0.2, -0.15) is 0 Å². The minimum absolute atomic E-state index is 0.0737. The predicted molar refractivity (Wildman–Crippen MR) is 104 cm³/mol. The van der Waals surface area contributed by atoms with Crippen LogP contribution in [0, 0.1) is 18.7 Å². The number of amides is 1. The molecule has 0 aliphatic carbocycles. The summed E-state index contributed by atoms with van der Waals surface area (Å²) in [6, 6.07) is 14.5. The van der Waals surface area contributed by atoms with Gasteiger partial charge in [-0.1, -0.05) is 29.8 Å². The Balaban J connectivity index is 1.34. The molecule has 0 atom stereocenters. The number of hydrogen-bond acceptors (Lipinski definition) is 3. The predicted octanol–water partition coefficient (Wildman–Crippen LogP) is 3.54. The molecule has 2 aromatic rings. The first-order valence-corrected chi connectivity index (χ1v) is 9.54. The molecule has 0 radical (unpaired) electrons.